The van der Waals surface area contributed by atoms with Crippen LogP contribution < -0.4 is 10.6 Å². The molecule has 1 aromatic carbocycles. The van der Waals surface area contributed by atoms with E-state index in [0.29, 0.717) is 0 Å². The first kappa shape index (κ1) is 11.9. The van der Waals surface area contributed by atoms with Crippen molar-refractivity contribution in [2.45, 2.75) is 6.54 Å². The van der Waals surface area contributed by atoms with E-state index in [1.54, 1.807) is 0 Å². The van der Waals surface area contributed by atoms with Crippen LogP contribution in [0.15, 0.2) is 41.1 Å². The summed E-state index contributed by atoms with van der Waals surface area (Å²) < 4.78 is 0.846. The molecule has 5 heteroatoms. The van der Waals surface area contributed by atoms with E-state index in [9.17, 15) is 0 Å². The van der Waals surface area contributed by atoms with Gasteiger partial charge in [0.15, 0.2) is 0 Å². The molecule has 4 nitrogen and oxygen atoms in total. The van der Waals surface area contributed by atoms with Crippen molar-refractivity contribution in [2.24, 2.45) is 0 Å². The van der Waals surface area contributed by atoms with Gasteiger partial charge in [0.25, 0.3) is 0 Å². The summed E-state index contributed by atoms with van der Waals surface area (Å²) in [5.41, 5.74) is 1.21. The molecule has 1 heterocycles. The second kappa shape index (κ2) is 5.63. The molecule has 0 amide bonds. The molecule has 0 atom stereocenters. The second-order valence-electron chi connectivity index (χ2n) is 3.47. The quantitative estimate of drug-likeness (QED) is 0.910. The van der Waals surface area contributed by atoms with Gasteiger partial charge in [-0.05, 0) is 21.5 Å². The average Bonchev–Trinajstić information content (AvgIpc) is 2.39. The van der Waals surface area contributed by atoms with E-state index in [0.717, 1.165) is 22.7 Å². The number of halogens is 1. The summed E-state index contributed by atoms with van der Waals surface area (Å²) in [4.78, 5) is 8.30. The minimum atomic E-state index is 0.736. The van der Waals surface area contributed by atoms with Crippen molar-refractivity contribution in [1.82, 2.24) is 9.97 Å². The van der Waals surface area contributed by atoms with E-state index in [-0.39, 0.29) is 0 Å². The molecule has 2 N–H and O–H groups in total. The van der Waals surface area contributed by atoms with Crippen molar-refractivity contribution in [2.75, 3.05) is 17.7 Å². The molecule has 0 saturated carbocycles. The Morgan fingerprint density at radius 1 is 1.12 bits per heavy atom. The third-order valence-electron chi connectivity index (χ3n) is 2.33. The summed E-state index contributed by atoms with van der Waals surface area (Å²) in [5, 5.41) is 6.26. The minimum absolute atomic E-state index is 0.736. The monoisotopic (exact) mass is 292 g/mol. The van der Waals surface area contributed by atoms with E-state index in [1.165, 1.54) is 11.9 Å². The fraction of sp³-hybridized carbons (Fsp3) is 0.167. The molecule has 0 aliphatic heterocycles. The summed E-state index contributed by atoms with van der Waals surface area (Å²) in [6, 6.07) is 10.2. The molecule has 0 aliphatic rings. The SMILES string of the molecule is CNc1ncnc(NCc2ccccc2)c1Br. The molecule has 88 valence electrons. The molecule has 0 radical (unpaired) electrons. The number of rotatable bonds is 4. The molecule has 0 unspecified atom stereocenters. The van der Waals surface area contributed by atoms with Gasteiger partial charge in [0.05, 0.1) is 0 Å². The summed E-state index contributed by atoms with van der Waals surface area (Å²) >= 11 is 3.46. The van der Waals surface area contributed by atoms with Crippen LogP contribution in [0.2, 0.25) is 0 Å². The maximum atomic E-state index is 4.19. The maximum absolute atomic E-state index is 4.19. The third-order valence-corrected chi connectivity index (χ3v) is 3.08. The average molecular weight is 293 g/mol. The van der Waals surface area contributed by atoms with Gasteiger partial charge in [-0.25, -0.2) is 9.97 Å². The molecule has 0 fully saturated rings. The van der Waals surface area contributed by atoms with Crippen molar-refractivity contribution in [3.63, 3.8) is 0 Å². The van der Waals surface area contributed by atoms with Gasteiger partial charge in [-0.15, -0.1) is 0 Å². The zero-order valence-electron chi connectivity index (χ0n) is 9.44. The Bertz CT molecular complexity index is 487. The first-order valence-corrected chi connectivity index (χ1v) is 6.06. The lowest BCUT2D eigenvalue weighted by atomic mass is 10.2. The van der Waals surface area contributed by atoms with Crippen molar-refractivity contribution in [3.8, 4) is 0 Å². The van der Waals surface area contributed by atoms with Crippen LogP contribution in [-0.4, -0.2) is 17.0 Å². The second-order valence-corrected chi connectivity index (χ2v) is 4.27. The summed E-state index contributed by atoms with van der Waals surface area (Å²) in [6.45, 7) is 0.736. The molecule has 0 bridgehead atoms. The standard InChI is InChI=1S/C12H13BrN4/c1-14-11-10(13)12(17-8-16-11)15-7-9-5-3-2-4-6-9/h2-6,8H,7H2,1H3,(H2,14,15,16,17). The van der Waals surface area contributed by atoms with Crippen molar-refractivity contribution < 1.29 is 0 Å². The number of nitrogens with zero attached hydrogens (tertiary/aromatic N) is 2. The highest BCUT2D eigenvalue weighted by Gasteiger charge is 2.06. The van der Waals surface area contributed by atoms with Gasteiger partial charge >= 0.3 is 0 Å². The first-order valence-electron chi connectivity index (χ1n) is 5.27. The van der Waals surface area contributed by atoms with Gasteiger partial charge in [-0.3, -0.25) is 0 Å². The Morgan fingerprint density at radius 2 is 1.82 bits per heavy atom. The lowest BCUT2D eigenvalue weighted by molar-refractivity contribution is 1.07. The van der Waals surface area contributed by atoms with E-state index < -0.39 is 0 Å². The van der Waals surface area contributed by atoms with Crippen molar-refractivity contribution in [3.05, 3.63) is 46.7 Å². The normalized spacial score (nSPS) is 10.0. The first-order chi connectivity index (χ1) is 8.31. The lowest BCUT2D eigenvalue weighted by Gasteiger charge is -2.09. The van der Waals surface area contributed by atoms with Crippen LogP contribution in [0.3, 0.4) is 0 Å². The Labute approximate surface area is 109 Å². The molecular formula is C12H13BrN4. The van der Waals surface area contributed by atoms with Crippen LogP contribution in [0.25, 0.3) is 0 Å². The predicted octanol–water partition coefficient (Wildman–Crippen LogP) is 2.89. The molecule has 17 heavy (non-hydrogen) atoms. The van der Waals surface area contributed by atoms with Crippen molar-refractivity contribution in [1.29, 1.82) is 0 Å². The summed E-state index contributed by atoms with van der Waals surface area (Å²) in [7, 11) is 1.83. The Kier molecular flexibility index (Phi) is 3.93. The Balaban J connectivity index is 2.09. The highest BCUT2D eigenvalue weighted by molar-refractivity contribution is 9.10. The molecule has 1 aromatic heterocycles. The van der Waals surface area contributed by atoms with Gasteiger partial charge < -0.3 is 10.6 Å². The number of benzene rings is 1. The van der Waals surface area contributed by atoms with E-state index in [4.69, 9.17) is 0 Å². The fourth-order valence-corrected chi connectivity index (χ4v) is 1.99. The number of anilines is 2. The molecule has 2 rings (SSSR count). The molecule has 0 spiro atoms. The van der Waals surface area contributed by atoms with Gasteiger partial charge in [0.2, 0.25) is 0 Å². The van der Waals surface area contributed by atoms with Crippen LogP contribution in [0.5, 0.6) is 0 Å². The molecular weight excluding hydrogens is 280 g/mol. The van der Waals surface area contributed by atoms with E-state index in [2.05, 4.69) is 48.7 Å². The van der Waals surface area contributed by atoms with Crippen LogP contribution in [0.4, 0.5) is 11.6 Å². The zero-order valence-corrected chi connectivity index (χ0v) is 11.0. The number of hydrogen-bond acceptors (Lipinski definition) is 4. The largest absolute Gasteiger partial charge is 0.372 e. The van der Waals surface area contributed by atoms with E-state index >= 15 is 0 Å². The van der Waals surface area contributed by atoms with Crippen LogP contribution in [0, 0.1) is 0 Å². The Hall–Kier alpha value is -1.62. The van der Waals surface area contributed by atoms with Gasteiger partial charge in [-0.2, -0.15) is 0 Å². The van der Waals surface area contributed by atoms with Gasteiger partial charge in [-0.1, -0.05) is 30.3 Å². The number of aromatic nitrogens is 2. The smallest absolute Gasteiger partial charge is 0.146 e. The van der Waals surface area contributed by atoms with Gasteiger partial charge in [0, 0.05) is 13.6 Å². The zero-order chi connectivity index (χ0) is 12.1. The van der Waals surface area contributed by atoms with Crippen LogP contribution in [-0.2, 0) is 6.54 Å². The predicted molar refractivity (Wildman–Crippen MR) is 73.0 cm³/mol. The van der Waals surface area contributed by atoms with E-state index in [1.807, 2.05) is 25.2 Å². The molecule has 0 saturated heterocycles. The number of hydrogen-bond donors (Lipinski definition) is 2. The molecule has 0 aliphatic carbocycles. The highest BCUT2D eigenvalue weighted by atomic mass is 79.9. The van der Waals surface area contributed by atoms with Crippen molar-refractivity contribution >= 4 is 27.6 Å². The highest BCUT2D eigenvalue weighted by Crippen LogP contribution is 2.26. The summed E-state index contributed by atoms with van der Waals surface area (Å²) in [5.74, 6) is 1.56. The third kappa shape index (κ3) is 2.94. The minimum Gasteiger partial charge on any atom is -0.372 e. The summed E-state index contributed by atoms with van der Waals surface area (Å²) in [6.07, 6.45) is 1.53. The van der Waals surface area contributed by atoms with Gasteiger partial charge in [0.1, 0.15) is 22.4 Å². The lowest BCUT2D eigenvalue weighted by Crippen LogP contribution is -2.04. The number of nitrogens with one attached hydrogen (secondary N) is 2. The maximum Gasteiger partial charge on any atom is 0.146 e. The topological polar surface area (TPSA) is 49.8 Å². The molecule has 2 aromatic rings. The van der Waals surface area contributed by atoms with Crippen LogP contribution in [0.1, 0.15) is 5.56 Å². The van der Waals surface area contributed by atoms with Crippen LogP contribution >= 0.6 is 15.9 Å². The Morgan fingerprint density at radius 3 is 2.53 bits per heavy atom. The fourth-order valence-electron chi connectivity index (χ4n) is 1.45.